The van der Waals surface area contributed by atoms with E-state index < -0.39 is 6.09 Å². The van der Waals surface area contributed by atoms with Gasteiger partial charge in [0.25, 0.3) is 0 Å². The van der Waals surface area contributed by atoms with Crippen LogP contribution in [0.15, 0.2) is 24.5 Å². The molecule has 3 rings (SSSR count). The second-order valence-electron chi connectivity index (χ2n) is 5.07. The summed E-state index contributed by atoms with van der Waals surface area (Å²) < 4.78 is 0. The highest BCUT2D eigenvalue weighted by atomic mass is 35.5. The first-order valence-electron chi connectivity index (χ1n) is 6.78. The molecule has 110 valence electrons. The van der Waals surface area contributed by atoms with E-state index in [1.807, 2.05) is 12.1 Å². The Morgan fingerprint density at radius 2 is 2.10 bits per heavy atom. The lowest BCUT2D eigenvalue weighted by molar-refractivity contribution is 0.134. The van der Waals surface area contributed by atoms with Crippen molar-refractivity contribution in [2.24, 2.45) is 0 Å². The summed E-state index contributed by atoms with van der Waals surface area (Å²) in [5.41, 5.74) is 0.833. The molecule has 1 aliphatic rings. The number of carbonyl (C=O) groups is 1. The van der Waals surface area contributed by atoms with Gasteiger partial charge in [0.1, 0.15) is 12.1 Å². The lowest BCUT2D eigenvalue weighted by Gasteiger charge is -2.30. The van der Waals surface area contributed by atoms with Crippen molar-refractivity contribution >= 4 is 34.4 Å². The number of hydrogen-bond acceptors (Lipinski definition) is 4. The van der Waals surface area contributed by atoms with Gasteiger partial charge in [-0.25, -0.2) is 14.8 Å². The van der Waals surface area contributed by atoms with E-state index in [2.05, 4.69) is 15.3 Å². The van der Waals surface area contributed by atoms with Gasteiger partial charge < -0.3 is 15.3 Å². The summed E-state index contributed by atoms with van der Waals surface area (Å²) in [5.74, 6) is 0.747. The number of fused-ring (bicyclic) bond motifs is 1. The zero-order valence-electron chi connectivity index (χ0n) is 11.3. The number of anilines is 1. The minimum Gasteiger partial charge on any atom is -0.465 e. The molecule has 1 aromatic carbocycles. The average Bonchev–Trinajstić information content (AvgIpc) is 2.48. The fourth-order valence-electron chi connectivity index (χ4n) is 2.55. The Hall–Kier alpha value is -2.08. The van der Waals surface area contributed by atoms with Crippen LogP contribution in [-0.4, -0.2) is 45.2 Å². The molecule has 7 heteroatoms. The van der Waals surface area contributed by atoms with Gasteiger partial charge in [-0.3, -0.25) is 0 Å². The minimum absolute atomic E-state index is 0.206. The maximum absolute atomic E-state index is 10.9. The zero-order valence-corrected chi connectivity index (χ0v) is 12.0. The third kappa shape index (κ3) is 3.00. The van der Waals surface area contributed by atoms with E-state index in [1.165, 1.54) is 11.2 Å². The van der Waals surface area contributed by atoms with Gasteiger partial charge in [-0.15, -0.1) is 0 Å². The van der Waals surface area contributed by atoms with Gasteiger partial charge in [-0.05, 0) is 31.0 Å². The molecule has 0 bridgehead atoms. The third-order valence-electron chi connectivity index (χ3n) is 3.70. The van der Waals surface area contributed by atoms with Crippen molar-refractivity contribution in [2.45, 2.75) is 18.9 Å². The molecule has 0 radical (unpaired) electrons. The summed E-state index contributed by atoms with van der Waals surface area (Å²) in [6.45, 7) is 1.08. The highest BCUT2D eigenvalue weighted by Crippen LogP contribution is 2.25. The molecule has 0 saturated carbocycles. The van der Waals surface area contributed by atoms with Crippen LogP contribution in [0.1, 0.15) is 12.8 Å². The van der Waals surface area contributed by atoms with Gasteiger partial charge in [0.2, 0.25) is 0 Å². The SMILES string of the molecule is O=C(O)N1CCC(Nc2ncnc3ccc(Cl)cc23)CC1. The van der Waals surface area contributed by atoms with Gasteiger partial charge in [-0.1, -0.05) is 11.6 Å². The number of carboxylic acid groups (broad SMARTS) is 1. The van der Waals surface area contributed by atoms with Gasteiger partial charge in [0.15, 0.2) is 0 Å². The first-order valence-corrected chi connectivity index (χ1v) is 7.16. The maximum atomic E-state index is 10.9. The summed E-state index contributed by atoms with van der Waals surface area (Å²) in [6.07, 6.45) is 2.19. The molecular formula is C14H15ClN4O2. The van der Waals surface area contributed by atoms with Crippen molar-refractivity contribution in [1.29, 1.82) is 0 Å². The summed E-state index contributed by atoms with van der Waals surface area (Å²) >= 11 is 6.03. The molecule has 0 atom stereocenters. The minimum atomic E-state index is -0.854. The molecule has 0 aliphatic carbocycles. The molecular weight excluding hydrogens is 292 g/mol. The predicted octanol–water partition coefficient (Wildman–Crippen LogP) is 2.84. The van der Waals surface area contributed by atoms with Crippen molar-refractivity contribution in [3.05, 3.63) is 29.5 Å². The molecule has 1 aliphatic heterocycles. The number of nitrogens with one attached hydrogen (secondary N) is 1. The van der Waals surface area contributed by atoms with Crippen molar-refractivity contribution in [2.75, 3.05) is 18.4 Å². The lowest BCUT2D eigenvalue weighted by atomic mass is 10.1. The molecule has 1 aromatic heterocycles. The van der Waals surface area contributed by atoms with E-state index in [9.17, 15) is 4.79 Å². The number of aromatic nitrogens is 2. The van der Waals surface area contributed by atoms with Crippen molar-refractivity contribution in [1.82, 2.24) is 14.9 Å². The second kappa shape index (κ2) is 5.73. The van der Waals surface area contributed by atoms with E-state index in [-0.39, 0.29) is 6.04 Å². The molecule has 1 saturated heterocycles. The standard InChI is InChI=1S/C14H15ClN4O2/c15-9-1-2-12-11(7-9)13(17-8-16-12)18-10-3-5-19(6-4-10)14(20)21/h1-2,7-8,10H,3-6H2,(H,20,21)(H,16,17,18). The molecule has 1 fully saturated rings. The largest absolute Gasteiger partial charge is 0.465 e. The Morgan fingerprint density at radius 1 is 1.33 bits per heavy atom. The Bertz CT molecular complexity index is 671. The van der Waals surface area contributed by atoms with E-state index in [1.54, 1.807) is 6.07 Å². The summed E-state index contributed by atoms with van der Waals surface area (Å²) in [6, 6.07) is 5.70. The van der Waals surface area contributed by atoms with Crippen LogP contribution in [0, 0.1) is 0 Å². The van der Waals surface area contributed by atoms with Gasteiger partial charge >= 0.3 is 6.09 Å². The normalized spacial score (nSPS) is 16.1. The number of halogens is 1. The number of piperidine rings is 1. The molecule has 2 aromatic rings. The number of hydrogen-bond donors (Lipinski definition) is 2. The van der Waals surface area contributed by atoms with Crippen molar-refractivity contribution in [3.8, 4) is 0 Å². The monoisotopic (exact) mass is 306 g/mol. The summed E-state index contributed by atoms with van der Waals surface area (Å²) in [7, 11) is 0. The van der Waals surface area contributed by atoms with Crippen LogP contribution in [0.2, 0.25) is 5.02 Å². The molecule has 0 unspecified atom stereocenters. The number of rotatable bonds is 2. The molecule has 6 nitrogen and oxygen atoms in total. The zero-order chi connectivity index (χ0) is 14.8. The molecule has 2 N–H and O–H groups in total. The molecule has 21 heavy (non-hydrogen) atoms. The van der Waals surface area contributed by atoms with Crippen LogP contribution in [-0.2, 0) is 0 Å². The average molecular weight is 307 g/mol. The van der Waals surface area contributed by atoms with Crippen molar-refractivity contribution < 1.29 is 9.90 Å². The van der Waals surface area contributed by atoms with Gasteiger partial charge in [0, 0.05) is 29.5 Å². The van der Waals surface area contributed by atoms with Crippen LogP contribution in [0.4, 0.5) is 10.6 Å². The van der Waals surface area contributed by atoms with E-state index in [0.717, 1.165) is 29.6 Å². The highest BCUT2D eigenvalue weighted by molar-refractivity contribution is 6.31. The third-order valence-corrected chi connectivity index (χ3v) is 3.94. The summed E-state index contributed by atoms with van der Waals surface area (Å²) in [4.78, 5) is 20.8. The highest BCUT2D eigenvalue weighted by Gasteiger charge is 2.22. The van der Waals surface area contributed by atoms with Crippen LogP contribution in [0.5, 0.6) is 0 Å². The first-order chi connectivity index (χ1) is 10.1. The van der Waals surface area contributed by atoms with Crippen LogP contribution >= 0.6 is 11.6 Å². The topological polar surface area (TPSA) is 78.4 Å². The van der Waals surface area contributed by atoms with Crippen LogP contribution < -0.4 is 5.32 Å². The number of amides is 1. The Labute approximate surface area is 126 Å². The van der Waals surface area contributed by atoms with Gasteiger partial charge in [0.05, 0.1) is 5.52 Å². The van der Waals surface area contributed by atoms with Crippen molar-refractivity contribution in [3.63, 3.8) is 0 Å². The Balaban J connectivity index is 1.77. The van der Waals surface area contributed by atoms with E-state index in [4.69, 9.17) is 16.7 Å². The van der Waals surface area contributed by atoms with Gasteiger partial charge in [-0.2, -0.15) is 0 Å². The van der Waals surface area contributed by atoms with Crippen LogP contribution in [0.25, 0.3) is 10.9 Å². The fourth-order valence-corrected chi connectivity index (χ4v) is 2.72. The number of benzene rings is 1. The Kier molecular flexibility index (Phi) is 3.79. The first kappa shape index (κ1) is 13.9. The number of nitrogens with zero attached hydrogens (tertiary/aromatic N) is 3. The smallest absolute Gasteiger partial charge is 0.407 e. The van der Waals surface area contributed by atoms with Crippen LogP contribution in [0.3, 0.4) is 0 Å². The second-order valence-corrected chi connectivity index (χ2v) is 5.51. The molecule has 0 spiro atoms. The maximum Gasteiger partial charge on any atom is 0.407 e. The fraction of sp³-hybridized carbons (Fsp3) is 0.357. The predicted molar refractivity (Wildman–Crippen MR) is 80.8 cm³/mol. The quantitative estimate of drug-likeness (QED) is 0.892. The number of likely N-dealkylation sites (tertiary alicyclic amines) is 1. The molecule has 1 amide bonds. The van der Waals surface area contributed by atoms with E-state index >= 15 is 0 Å². The van der Waals surface area contributed by atoms with E-state index in [0.29, 0.717) is 18.1 Å². The molecule has 2 heterocycles. The Morgan fingerprint density at radius 3 is 2.81 bits per heavy atom. The lowest BCUT2D eigenvalue weighted by Crippen LogP contribution is -2.41. The summed E-state index contributed by atoms with van der Waals surface area (Å²) in [5, 5.41) is 13.9.